The summed E-state index contributed by atoms with van der Waals surface area (Å²) in [6.07, 6.45) is 1.22. The lowest BCUT2D eigenvalue weighted by molar-refractivity contribution is 0.0696. The van der Waals surface area contributed by atoms with Crippen LogP contribution in [0.3, 0.4) is 0 Å². The van der Waals surface area contributed by atoms with Gasteiger partial charge in [-0.3, -0.25) is 0 Å². The van der Waals surface area contributed by atoms with Gasteiger partial charge in [-0.05, 0) is 24.3 Å². The smallest absolute Gasteiger partial charge is 0.337 e. The average molecular weight is 313 g/mol. The summed E-state index contributed by atoms with van der Waals surface area (Å²) in [7, 11) is 1.53. The summed E-state index contributed by atoms with van der Waals surface area (Å²) in [4.78, 5) is 14.8. The van der Waals surface area contributed by atoms with Gasteiger partial charge in [0.05, 0.1) is 22.7 Å². The van der Waals surface area contributed by atoms with Crippen molar-refractivity contribution in [2.45, 2.75) is 0 Å². The van der Waals surface area contributed by atoms with Gasteiger partial charge in [0, 0.05) is 11.9 Å². The number of ether oxygens (including phenoxy) is 1. The number of carboxylic acids is 1. The van der Waals surface area contributed by atoms with Crippen molar-refractivity contribution in [3.63, 3.8) is 0 Å². The number of hydrogen-bond acceptors (Lipinski definition) is 4. The Bertz CT molecular complexity index is 662. The van der Waals surface area contributed by atoms with Crippen molar-refractivity contribution in [1.82, 2.24) is 4.98 Å². The van der Waals surface area contributed by atoms with Crippen molar-refractivity contribution >= 4 is 40.7 Å². The van der Waals surface area contributed by atoms with Gasteiger partial charge in [-0.1, -0.05) is 23.2 Å². The minimum absolute atomic E-state index is 0.0216. The zero-order chi connectivity index (χ0) is 14.7. The van der Waals surface area contributed by atoms with Crippen molar-refractivity contribution < 1.29 is 14.6 Å². The Morgan fingerprint density at radius 1 is 1.30 bits per heavy atom. The van der Waals surface area contributed by atoms with Gasteiger partial charge in [-0.15, -0.1) is 0 Å². The molecule has 0 aliphatic carbocycles. The molecule has 20 heavy (non-hydrogen) atoms. The molecule has 0 radical (unpaired) electrons. The van der Waals surface area contributed by atoms with Gasteiger partial charge in [-0.2, -0.15) is 0 Å². The van der Waals surface area contributed by atoms with E-state index < -0.39 is 5.97 Å². The van der Waals surface area contributed by atoms with Crippen LogP contribution in [-0.2, 0) is 0 Å². The summed E-state index contributed by atoms with van der Waals surface area (Å²) in [6.45, 7) is 0. The molecule has 5 nitrogen and oxygen atoms in total. The Morgan fingerprint density at radius 2 is 2.05 bits per heavy atom. The molecule has 0 saturated heterocycles. The minimum Gasteiger partial charge on any atom is -0.495 e. The second-order valence-corrected chi connectivity index (χ2v) is 4.65. The third-order valence-corrected chi connectivity index (χ3v) is 3.09. The summed E-state index contributed by atoms with van der Waals surface area (Å²) >= 11 is 12.0. The van der Waals surface area contributed by atoms with Crippen LogP contribution < -0.4 is 10.1 Å². The fraction of sp³-hybridized carbons (Fsp3) is 0.0769. The van der Waals surface area contributed by atoms with Crippen LogP contribution in [0.1, 0.15) is 10.4 Å². The minimum atomic E-state index is -1.08. The van der Waals surface area contributed by atoms with E-state index in [-0.39, 0.29) is 10.6 Å². The maximum Gasteiger partial charge on any atom is 0.337 e. The van der Waals surface area contributed by atoms with Crippen molar-refractivity contribution in [2.75, 3.05) is 12.4 Å². The Hall–Kier alpha value is -1.98. The van der Waals surface area contributed by atoms with E-state index in [0.29, 0.717) is 22.3 Å². The fourth-order valence-electron chi connectivity index (χ4n) is 1.53. The van der Waals surface area contributed by atoms with E-state index >= 15 is 0 Å². The largest absolute Gasteiger partial charge is 0.495 e. The molecule has 0 spiro atoms. The van der Waals surface area contributed by atoms with E-state index in [0.717, 1.165) is 0 Å². The monoisotopic (exact) mass is 312 g/mol. The number of methoxy groups -OCH3 is 1. The number of aromatic nitrogens is 1. The van der Waals surface area contributed by atoms with Crippen LogP contribution >= 0.6 is 23.2 Å². The maximum atomic E-state index is 10.8. The topological polar surface area (TPSA) is 71.5 Å². The quantitative estimate of drug-likeness (QED) is 0.897. The highest BCUT2D eigenvalue weighted by Crippen LogP contribution is 2.30. The van der Waals surface area contributed by atoms with Crippen LogP contribution in [0.25, 0.3) is 0 Å². The molecule has 2 N–H and O–H groups in total. The zero-order valence-electron chi connectivity index (χ0n) is 10.4. The molecule has 0 unspecified atom stereocenters. The molecule has 0 atom stereocenters. The Kier molecular flexibility index (Phi) is 4.32. The molecule has 7 heteroatoms. The highest BCUT2D eigenvalue weighted by atomic mass is 35.5. The van der Waals surface area contributed by atoms with Gasteiger partial charge < -0.3 is 15.2 Å². The number of hydrogen-bond donors (Lipinski definition) is 2. The van der Waals surface area contributed by atoms with Crippen molar-refractivity contribution in [2.24, 2.45) is 0 Å². The standard InChI is InChI=1S/C13H10Cl2N2O3/c1-20-11-3-2-8(5-9(11)14)17-12-10(15)4-7(6-16-12)13(18)19/h2-6H,1H3,(H,16,17)(H,18,19). The number of nitrogens with one attached hydrogen (secondary N) is 1. The predicted molar refractivity (Wildman–Crippen MR) is 77.5 cm³/mol. The predicted octanol–water partition coefficient (Wildman–Crippen LogP) is 3.84. The average Bonchev–Trinajstić information content (AvgIpc) is 2.41. The van der Waals surface area contributed by atoms with Gasteiger partial charge >= 0.3 is 5.97 Å². The molecule has 0 saturated carbocycles. The SMILES string of the molecule is COc1ccc(Nc2ncc(C(=O)O)cc2Cl)cc1Cl. The van der Waals surface area contributed by atoms with Crippen LogP contribution in [-0.4, -0.2) is 23.2 Å². The molecule has 2 rings (SSSR count). The second kappa shape index (κ2) is 5.98. The second-order valence-electron chi connectivity index (χ2n) is 3.83. The van der Waals surface area contributed by atoms with Gasteiger partial charge in [-0.25, -0.2) is 9.78 Å². The van der Waals surface area contributed by atoms with E-state index in [1.807, 2.05) is 0 Å². The van der Waals surface area contributed by atoms with Crippen LogP contribution in [0.4, 0.5) is 11.5 Å². The first kappa shape index (κ1) is 14.4. The Labute approximate surface area is 125 Å². The number of halogens is 2. The Morgan fingerprint density at radius 3 is 2.60 bits per heavy atom. The van der Waals surface area contributed by atoms with Gasteiger partial charge in [0.1, 0.15) is 11.6 Å². The van der Waals surface area contributed by atoms with E-state index in [1.165, 1.54) is 19.4 Å². The number of nitrogens with zero attached hydrogens (tertiary/aromatic N) is 1. The van der Waals surface area contributed by atoms with Crippen LogP contribution in [0, 0.1) is 0 Å². The number of carbonyl (C=O) groups is 1. The van der Waals surface area contributed by atoms with Crippen molar-refractivity contribution in [3.8, 4) is 5.75 Å². The molecule has 2 aromatic rings. The number of carboxylic acid groups (broad SMARTS) is 1. The first-order valence-corrected chi connectivity index (χ1v) is 6.26. The van der Waals surface area contributed by atoms with Gasteiger partial charge in [0.25, 0.3) is 0 Å². The van der Waals surface area contributed by atoms with Gasteiger partial charge in [0.2, 0.25) is 0 Å². The molecule has 1 aromatic heterocycles. The maximum absolute atomic E-state index is 10.8. The zero-order valence-corrected chi connectivity index (χ0v) is 11.9. The molecule has 0 aliphatic heterocycles. The van der Waals surface area contributed by atoms with E-state index in [1.54, 1.807) is 18.2 Å². The van der Waals surface area contributed by atoms with E-state index in [2.05, 4.69) is 10.3 Å². The fourth-order valence-corrected chi connectivity index (χ4v) is 2.00. The molecular weight excluding hydrogens is 303 g/mol. The summed E-state index contributed by atoms with van der Waals surface area (Å²) in [5.74, 6) is -0.186. The van der Waals surface area contributed by atoms with E-state index in [4.69, 9.17) is 33.0 Å². The van der Waals surface area contributed by atoms with Crippen LogP contribution in [0.15, 0.2) is 30.5 Å². The normalized spacial score (nSPS) is 10.2. The summed E-state index contributed by atoms with van der Waals surface area (Å²) in [5.41, 5.74) is 0.682. The first-order valence-electron chi connectivity index (χ1n) is 5.50. The Balaban J connectivity index is 2.26. The third kappa shape index (κ3) is 3.12. The lowest BCUT2D eigenvalue weighted by Crippen LogP contribution is -2.00. The molecule has 0 fully saturated rings. The van der Waals surface area contributed by atoms with Crippen molar-refractivity contribution in [3.05, 3.63) is 46.1 Å². The molecule has 1 aromatic carbocycles. The highest BCUT2D eigenvalue weighted by molar-refractivity contribution is 6.33. The number of pyridine rings is 1. The van der Waals surface area contributed by atoms with Gasteiger partial charge in [0.15, 0.2) is 0 Å². The first-order chi connectivity index (χ1) is 9.51. The molecule has 0 amide bonds. The lowest BCUT2D eigenvalue weighted by atomic mass is 10.2. The number of anilines is 2. The number of benzene rings is 1. The highest BCUT2D eigenvalue weighted by Gasteiger charge is 2.09. The molecular formula is C13H10Cl2N2O3. The van der Waals surface area contributed by atoms with Crippen LogP contribution in [0.5, 0.6) is 5.75 Å². The summed E-state index contributed by atoms with van der Waals surface area (Å²) in [5, 5.41) is 12.4. The molecule has 0 aliphatic rings. The van der Waals surface area contributed by atoms with Crippen LogP contribution in [0.2, 0.25) is 10.0 Å². The number of rotatable bonds is 4. The molecule has 0 bridgehead atoms. The van der Waals surface area contributed by atoms with Crippen molar-refractivity contribution in [1.29, 1.82) is 0 Å². The lowest BCUT2D eigenvalue weighted by Gasteiger charge is -2.10. The van der Waals surface area contributed by atoms with E-state index in [9.17, 15) is 4.79 Å². The third-order valence-electron chi connectivity index (χ3n) is 2.50. The molecule has 104 valence electrons. The summed E-state index contributed by atoms with van der Waals surface area (Å²) in [6, 6.07) is 6.42. The number of aromatic carboxylic acids is 1. The molecule has 1 heterocycles. The summed E-state index contributed by atoms with van der Waals surface area (Å²) < 4.78 is 5.05.